The van der Waals surface area contributed by atoms with E-state index in [9.17, 15) is 13.6 Å². The zero-order valence-corrected chi connectivity index (χ0v) is 13.1. The molecule has 0 saturated heterocycles. The lowest BCUT2D eigenvalue weighted by Gasteiger charge is -2.10. The summed E-state index contributed by atoms with van der Waals surface area (Å²) < 4.78 is 30.5. The summed E-state index contributed by atoms with van der Waals surface area (Å²) in [7, 11) is 0. The Morgan fingerprint density at radius 3 is 2.68 bits per heavy atom. The summed E-state index contributed by atoms with van der Waals surface area (Å²) in [4.78, 5) is 12.4. The summed E-state index contributed by atoms with van der Waals surface area (Å²) in [5.41, 5.74) is 1.25. The van der Waals surface area contributed by atoms with Crippen molar-refractivity contribution < 1.29 is 18.3 Å². The van der Waals surface area contributed by atoms with E-state index in [2.05, 4.69) is 15.2 Å². The van der Waals surface area contributed by atoms with E-state index in [4.69, 9.17) is 0 Å². The molecule has 0 bridgehead atoms. The maximum absolute atomic E-state index is 12.4. The average Bonchev–Trinajstić information content (AvgIpc) is 3.02. The molecule has 128 valence electrons. The molecule has 3 aromatic rings. The molecule has 1 heterocycles. The topological polar surface area (TPSA) is 56.2 Å². The highest BCUT2D eigenvalue weighted by atomic mass is 19.3. The molecule has 0 radical (unpaired) electrons. The fourth-order valence-electron chi connectivity index (χ4n) is 2.32. The number of halogens is 2. The van der Waals surface area contributed by atoms with Gasteiger partial charge in [-0.3, -0.25) is 4.79 Å². The van der Waals surface area contributed by atoms with E-state index in [0.717, 1.165) is 5.56 Å². The Kier molecular flexibility index (Phi) is 5.03. The zero-order chi connectivity index (χ0) is 17.6. The van der Waals surface area contributed by atoms with E-state index < -0.39 is 12.5 Å². The van der Waals surface area contributed by atoms with Crippen molar-refractivity contribution in [3.05, 3.63) is 78.0 Å². The fraction of sp³-hybridized carbons (Fsp3) is 0.111. The van der Waals surface area contributed by atoms with Gasteiger partial charge in [0.05, 0.1) is 12.7 Å². The van der Waals surface area contributed by atoms with Crippen LogP contribution in [0, 0.1) is 0 Å². The number of carbonyl (C=O) groups excluding carboxylic acids is 1. The SMILES string of the molecule is O=C(Nc1ccnn1Cc1ccccc1)c1cccc(OC(F)F)c1. The van der Waals surface area contributed by atoms with Gasteiger partial charge in [0.1, 0.15) is 11.6 Å². The maximum Gasteiger partial charge on any atom is 0.387 e. The van der Waals surface area contributed by atoms with E-state index in [1.54, 1.807) is 16.9 Å². The quantitative estimate of drug-likeness (QED) is 0.741. The van der Waals surface area contributed by atoms with Crippen LogP contribution in [-0.4, -0.2) is 22.3 Å². The Morgan fingerprint density at radius 2 is 1.92 bits per heavy atom. The van der Waals surface area contributed by atoms with Crippen molar-refractivity contribution in [2.24, 2.45) is 0 Å². The number of nitrogens with one attached hydrogen (secondary N) is 1. The largest absolute Gasteiger partial charge is 0.435 e. The van der Waals surface area contributed by atoms with Crippen LogP contribution in [0.2, 0.25) is 0 Å². The number of alkyl halides is 2. The van der Waals surface area contributed by atoms with E-state index in [1.807, 2.05) is 30.3 Å². The number of ether oxygens (including phenoxy) is 1. The van der Waals surface area contributed by atoms with Gasteiger partial charge in [-0.25, -0.2) is 4.68 Å². The standard InChI is InChI=1S/C18H15F2N3O2/c19-18(20)25-15-8-4-7-14(11-15)17(24)22-16-9-10-21-23(16)12-13-5-2-1-3-6-13/h1-11,18H,12H2,(H,22,24). The molecule has 3 rings (SSSR count). The number of aromatic nitrogens is 2. The van der Waals surface area contributed by atoms with Crippen molar-refractivity contribution in [1.29, 1.82) is 0 Å². The van der Waals surface area contributed by atoms with Gasteiger partial charge < -0.3 is 10.1 Å². The predicted molar refractivity (Wildman–Crippen MR) is 88.8 cm³/mol. The summed E-state index contributed by atoms with van der Waals surface area (Å²) in [6.07, 6.45) is 1.58. The minimum absolute atomic E-state index is 0.0690. The third-order valence-electron chi connectivity index (χ3n) is 3.45. The summed E-state index contributed by atoms with van der Waals surface area (Å²) in [6, 6.07) is 17.0. The molecule has 7 heteroatoms. The second-order valence-electron chi connectivity index (χ2n) is 5.22. The minimum Gasteiger partial charge on any atom is -0.435 e. The van der Waals surface area contributed by atoms with Crippen molar-refractivity contribution in [3.63, 3.8) is 0 Å². The third kappa shape index (κ3) is 4.41. The number of anilines is 1. The summed E-state index contributed by atoms with van der Waals surface area (Å²) >= 11 is 0. The summed E-state index contributed by atoms with van der Waals surface area (Å²) in [6.45, 7) is -2.44. The number of rotatable bonds is 6. The van der Waals surface area contributed by atoms with Crippen LogP contribution in [0.4, 0.5) is 14.6 Å². The van der Waals surface area contributed by atoms with E-state index in [-0.39, 0.29) is 11.3 Å². The molecular weight excluding hydrogens is 328 g/mol. The highest BCUT2D eigenvalue weighted by molar-refractivity contribution is 6.04. The Hall–Kier alpha value is -3.22. The molecule has 0 aliphatic rings. The van der Waals surface area contributed by atoms with Crippen LogP contribution in [0.25, 0.3) is 0 Å². The molecule has 0 saturated carbocycles. The first-order valence-electron chi connectivity index (χ1n) is 7.54. The minimum atomic E-state index is -2.94. The monoisotopic (exact) mass is 343 g/mol. The van der Waals surface area contributed by atoms with Gasteiger partial charge in [0.2, 0.25) is 0 Å². The van der Waals surface area contributed by atoms with Gasteiger partial charge in [0.25, 0.3) is 5.91 Å². The Morgan fingerprint density at radius 1 is 1.12 bits per heavy atom. The summed E-state index contributed by atoms with van der Waals surface area (Å²) in [5, 5.41) is 6.92. The molecule has 0 fully saturated rings. The Labute approximate surface area is 142 Å². The Balaban J connectivity index is 1.73. The maximum atomic E-state index is 12.4. The van der Waals surface area contributed by atoms with Crippen molar-refractivity contribution in [3.8, 4) is 5.75 Å². The van der Waals surface area contributed by atoms with Crippen molar-refractivity contribution >= 4 is 11.7 Å². The molecule has 0 aliphatic heterocycles. The van der Waals surface area contributed by atoms with Crippen LogP contribution >= 0.6 is 0 Å². The molecule has 0 unspecified atom stereocenters. The second-order valence-corrected chi connectivity index (χ2v) is 5.22. The van der Waals surface area contributed by atoms with Gasteiger partial charge in [-0.15, -0.1) is 0 Å². The Bertz CT molecular complexity index is 850. The lowest BCUT2D eigenvalue weighted by atomic mass is 10.2. The van der Waals surface area contributed by atoms with Gasteiger partial charge in [0.15, 0.2) is 0 Å². The zero-order valence-electron chi connectivity index (χ0n) is 13.1. The van der Waals surface area contributed by atoms with Gasteiger partial charge >= 0.3 is 6.61 Å². The van der Waals surface area contributed by atoms with Gasteiger partial charge in [-0.05, 0) is 23.8 Å². The predicted octanol–water partition coefficient (Wildman–Crippen LogP) is 3.79. The molecule has 1 N–H and O–H groups in total. The van der Waals surface area contributed by atoms with Gasteiger partial charge in [-0.1, -0.05) is 36.4 Å². The van der Waals surface area contributed by atoms with Crippen molar-refractivity contribution in [2.45, 2.75) is 13.2 Å². The van der Waals surface area contributed by atoms with Crippen LogP contribution in [0.3, 0.4) is 0 Å². The molecule has 2 aromatic carbocycles. The first-order chi connectivity index (χ1) is 12.1. The van der Waals surface area contributed by atoms with E-state index in [1.165, 1.54) is 24.3 Å². The molecule has 1 amide bonds. The van der Waals surface area contributed by atoms with Crippen LogP contribution in [0.1, 0.15) is 15.9 Å². The molecule has 0 atom stereocenters. The summed E-state index contributed by atoms with van der Waals surface area (Å²) in [5.74, 6) is 0.00371. The number of benzene rings is 2. The number of carbonyl (C=O) groups is 1. The van der Waals surface area contributed by atoms with Crippen LogP contribution in [0.15, 0.2) is 66.9 Å². The van der Waals surface area contributed by atoms with Crippen LogP contribution in [0.5, 0.6) is 5.75 Å². The first kappa shape index (κ1) is 16.6. The second kappa shape index (κ2) is 7.57. The number of amides is 1. The lowest BCUT2D eigenvalue weighted by Crippen LogP contribution is -2.16. The van der Waals surface area contributed by atoms with Crippen molar-refractivity contribution in [1.82, 2.24) is 9.78 Å². The number of hydrogen-bond donors (Lipinski definition) is 1. The molecular formula is C18H15F2N3O2. The molecule has 0 spiro atoms. The van der Waals surface area contributed by atoms with Crippen molar-refractivity contribution in [2.75, 3.05) is 5.32 Å². The molecule has 25 heavy (non-hydrogen) atoms. The third-order valence-corrected chi connectivity index (χ3v) is 3.45. The van der Waals surface area contributed by atoms with Crippen LogP contribution in [-0.2, 0) is 6.54 Å². The van der Waals surface area contributed by atoms with E-state index >= 15 is 0 Å². The van der Waals surface area contributed by atoms with Crippen LogP contribution < -0.4 is 10.1 Å². The number of nitrogens with zero attached hydrogens (tertiary/aromatic N) is 2. The molecule has 0 aliphatic carbocycles. The smallest absolute Gasteiger partial charge is 0.387 e. The average molecular weight is 343 g/mol. The highest BCUT2D eigenvalue weighted by Crippen LogP contribution is 2.17. The fourth-order valence-corrected chi connectivity index (χ4v) is 2.32. The van der Waals surface area contributed by atoms with E-state index in [0.29, 0.717) is 12.4 Å². The lowest BCUT2D eigenvalue weighted by molar-refractivity contribution is -0.0498. The molecule has 1 aromatic heterocycles. The molecule has 5 nitrogen and oxygen atoms in total. The first-order valence-corrected chi connectivity index (χ1v) is 7.54. The van der Waals surface area contributed by atoms with Gasteiger partial charge in [0, 0.05) is 11.6 Å². The normalized spacial score (nSPS) is 10.7. The highest BCUT2D eigenvalue weighted by Gasteiger charge is 2.12. The number of hydrogen-bond acceptors (Lipinski definition) is 3. The van der Waals surface area contributed by atoms with Gasteiger partial charge in [-0.2, -0.15) is 13.9 Å².